The number of ether oxygens (including phenoxy) is 2. The van der Waals surface area contributed by atoms with Crippen molar-refractivity contribution in [2.24, 2.45) is 5.73 Å². The summed E-state index contributed by atoms with van der Waals surface area (Å²) in [5.41, 5.74) is 6.01. The van der Waals surface area contributed by atoms with Crippen molar-refractivity contribution < 1.29 is 19.4 Å². The van der Waals surface area contributed by atoms with E-state index in [1.165, 1.54) is 7.11 Å². The van der Waals surface area contributed by atoms with Gasteiger partial charge in [0.05, 0.1) is 19.1 Å². The maximum absolute atomic E-state index is 11.3. The van der Waals surface area contributed by atoms with Crippen LogP contribution in [-0.2, 0) is 4.79 Å². The molecule has 1 saturated carbocycles. The van der Waals surface area contributed by atoms with Crippen LogP contribution in [0.3, 0.4) is 0 Å². The van der Waals surface area contributed by atoms with Crippen LogP contribution in [0.2, 0.25) is 5.02 Å². The van der Waals surface area contributed by atoms with E-state index in [0.717, 1.165) is 12.8 Å². The van der Waals surface area contributed by atoms with E-state index in [2.05, 4.69) is 0 Å². The zero-order valence-electron chi connectivity index (χ0n) is 10.6. The lowest BCUT2D eigenvalue weighted by atomic mass is 9.98. The van der Waals surface area contributed by atoms with E-state index in [4.69, 9.17) is 26.8 Å². The lowest BCUT2D eigenvalue weighted by Gasteiger charge is -2.19. The van der Waals surface area contributed by atoms with Gasteiger partial charge in [-0.05, 0) is 18.9 Å². The second-order valence-electron chi connectivity index (χ2n) is 4.47. The summed E-state index contributed by atoms with van der Waals surface area (Å²) in [6, 6.07) is 3.19. The standard InChI is InChI=1S/C13H16ClNO4/c1-18-11-5-7(14)4-9(10(6-15)13(16)17)12(11)19-8-2-3-8/h4-5,8,10H,2-3,6,15H2,1H3,(H,16,17). The van der Waals surface area contributed by atoms with Crippen molar-refractivity contribution in [2.45, 2.75) is 24.9 Å². The van der Waals surface area contributed by atoms with Crippen LogP contribution in [0.4, 0.5) is 0 Å². The average Bonchev–Trinajstić information content (AvgIpc) is 3.16. The summed E-state index contributed by atoms with van der Waals surface area (Å²) in [6.07, 6.45) is 2.05. The topological polar surface area (TPSA) is 81.8 Å². The molecule has 0 spiro atoms. The summed E-state index contributed by atoms with van der Waals surface area (Å²) < 4.78 is 11.0. The highest BCUT2D eigenvalue weighted by Crippen LogP contribution is 2.41. The summed E-state index contributed by atoms with van der Waals surface area (Å²) in [5.74, 6) is -0.991. The largest absolute Gasteiger partial charge is 0.493 e. The quantitative estimate of drug-likeness (QED) is 0.835. The summed E-state index contributed by atoms with van der Waals surface area (Å²) in [4.78, 5) is 11.3. The first-order valence-electron chi connectivity index (χ1n) is 6.03. The van der Waals surface area contributed by atoms with Crippen molar-refractivity contribution in [1.82, 2.24) is 0 Å². The number of hydrogen-bond donors (Lipinski definition) is 2. The molecule has 1 aromatic carbocycles. The maximum Gasteiger partial charge on any atom is 0.312 e. The van der Waals surface area contributed by atoms with Gasteiger partial charge in [0.1, 0.15) is 0 Å². The zero-order chi connectivity index (χ0) is 14.0. The highest BCUT2D eigenvalue weighted by Gasteiger charge is 2.30. The fourth-order valence-corrected chi connectivity index (χ4v) is 2.06. The number of nitrogens with two attached hydrogens (primary N) is 1. The number of methoxy groups -OCH3 is 1. The lowest BCUT2D eigenvalue weighted by Crippen LogP contribution is -2.22. The first kappa shape index (κ1) is 14.0. The van der Waals surface area contributed by atoms with E-state index in [9.17, 15) is 9.90 Å². The van der Waals surface area contributed by atoms with Crippen LogP contribution < -0.4 is 15.2 Å². The van der Waals surface area contributed by atoms with Crippen LogP contribution in [0.25, 0.3) is 0 Å². The van der Waals surface area contributed by atoms with Crippen LogP contribution in [-0.4, -0.2) is 30.8 Å². The normalized spacial score (nSPS) is 15.9. The number of hydrogen-bond acceptors (Lipinski definition) is 4. The third kappa shape index (κ3) is 3.11. The molecular formula is C13H16ClNO4. The molecule has 0 heterocycles. The Bertz CT molecular complexity index is 488. The van der Waals surface area contributed by atoms with Gasteiger partial charge in [0.15, 0.2) is 11.5 Å². The Hall–Kier alpha value is -1.46. The molecule has 0 saturated heterocycles. The molecule has 0 radical (unpaired) electrons. The van der Waals surface area contributed by atoms with Crippen molar-refractivity contribution in [3.05, 3.63) is 22.7 Å². The second kappa shape index (κ2) is 5.67. The number of carboxylic acid groups (broad SMARTS) is 1. The van der Waals surface area contributed by atoms with Gasteiger partial charge in [0.25, 0.3) is 0 Å². The van der Waals surface area contributed by atoms with E-state index in [-0.39, 0.29) is 12.6 Å². The minimum atomic E-state index is -1.01. The molecule has 1 unspecified atom stereocenters. The van der Waals surface area contributed by atoms with Crippen LogP contribution in [0.5, 0.6) is 11.5 Å². The smallest absolute Gasteiger partial charge is 0.312 e. The Morgan fingerprint density at radius 2 is 2.26 bits per heavy atom. The average molecular weight is 286 g/mol. The van der Waals surface area contributed by atoms with Crippen LogP contribution in [0.15, 0.2) is 12.1 Å². The summed E-state index contributed by atoms with van der Waals surface area (Å²) in [6.45, 7) is -0.0279. The number of carboxylic acids is 1. The molecule has 5 nitrogen and oxygen atoms in total. The van der Waals surface area contributed by atoms with E-state index in [1.54, 1.807) is 12.1 Å². The molecule has 104 valence electrons. The molecule has 0 aliphatic heterocycles. The fraction of sp³-hybridized carbons (Fsp3) is 0.462. The first-order valence-corrected chi connectivity index (χ1v) is 6.41. The van der Waals surface area contributed by atoms with Crippen LogP contribution >= 0.6 is 11.6 Å². The predicted octanol–water partition coefficient (Wildman–Crippen LogP) is 2.02. The Balaban J connectivity index is 2.48. The molecule has 0 amide bonds. The van der Waals surface area contributed by atoms with Crippen molar-refractivity contribution in [2.75, 3.05) is 13.7 Å². The molecule has 2 rings (SSSR count). The van der Waals surface area contributed by atoms with E-state index in [0.29, 0.717) is 22.1 Å². The number of halogens is 1. The van der Waals surface area contributed by atoms with Crippen LogP contribution in [0, 0.1) is 0 Å². The highest BCUT2D eigenvalue weighted by molar-refractivity contribution is 6.30. The van der Waals surface area contributed by atoms with Gasteiger partial charge in [-0.25, -0.2) is 0 Å². The Labute approximate surface area is 116 Å². The summed E-state index contributed by atoms with van der Waals surface area (Å²) >= 11 is 5.99. The van der Waals surface area contributed by atoms with Crippen LogP contribution in [0.1, 0.15) is 24.3 Å². The monoisotopic (exact) mass is 285 g/mol. The number of rotatable bonds is 6. The van der Waals surface area contributed by atoms with Gasteiger partial charge in [-0.15, -0.1) is 0 Å². The van der Waals surface area contributed by atoms with Gasteiger partial charge < -0.3 is 20.3 Å². The van der Waals surface area contributed by atoms with Gasteiger partial charge in [-0.2, -0.15) is 0 Å². The highest BCUT2D eigenvalue weighted by atomic mass is 35.5. The lowest BCUT2D eigenvalue weighted by molar-refractivity contribution is -0.138. The van der Waals surface area contributed by atoms with E-state index < -0.39 is 11.9 Å². The molecule has 1 fully saturated rings. The molecule has 3 N–H and O–H groups in total. The van der Waals surface area contributed by atoms with E-state index in [1.807, 2.05) is 0 Å². The summed E-state index contributed by atoms with van der Waals surface area (Å²) in [5, 5.41) is 9.63. The minimum Gasteiger partial charge on any atom is -0.493 e. The Kier molecular flexibility index (Phi) is 4.17. The fourth-order valence-electron chi connectivity index (χ4n) is 1.84. The zero-order valence-corrected chi connectivity index (χ0v) is 11.3. The molecule has 1 aliphatic carbocycles. The van der Waals surface area contributed by atoms with Gasteiger partial charge >= 0.3 is 5.97 Å². The molecule has 0 aromatic heterocycles. The summed E-state index contributed by atoms with van der Waals surface area (Å²) in [7, 11) is 1.49. The Morgan fingerprint density at radius 1 is 1.58 bits per heavy atom. The van der Waals surface area contributed by atoms with Gasteiger partial charge in [0.2, 0.25) is 0 Å². The van der Waals surface area contributed by atoms with Crippen molar-refractivity contribution >= 4 is 17.6 Å². The molecule has 1 aliphatic rings. The van der Waals surface area contributed by atoms with Crippen molar-refractivity contribution in [3.8, 4) is 11.5 Å². The third-order valence-corrected chi connectivity index (χ3v) is 3.20. The van der Waals surface area contributed by atoms with Crippen molar-refractivity contribution in [3.63, 3.8) is 0 Å². The molecule has 19 heavy (non-hydrogen) atoms. The van der Waals surface area contributed by atoms with E-state index >= 15 is 0 Å². The molecular weight excluding hydrogens is 270 g/mol. The molecule has 1 atom stereocenters. The Morgan fingerprint density at radius 3 is 2.74 bits per heavy atom. The minimum absolute atomic E-state index is 0.0279. The van der Waals surface area contributed by atoms with Gasteiger partial charge in [0, 0.05) is 23.2 Å². The predicted molar refractivity (Wildman–Crippen MR) is 71.1 cm³/mol. The molecule has 6 heteroatoms. The number of carbonyl (C=O) groups is 1. The van der Waals surface area contributed by atoms with Gasteiger partial charge in [-0.1, -0.05) is 11.6 Å². The van der Waals surface area contributed by atoms with Crippen molar-refractivity contribution in [1.29, 1.82) is 0 Å². The molecule has 1 aromatic rings. The maximum atomic E-state index is 11.3. The second-order valence-corrected chi connectivity index (χ2v) is 4.91. The van der Waals surface area contributed by atoms with Gasteiger partial charge in [-0.3, -0.25) is 4.79 Å². The first-order chi connectivity index (χ1) is 9.06. The molecule has 0 bridgehead atoms. The number of aliphatic carboxylic acids is 1. The number of benzene rings is 1. The SMILES string of the molecule is COc1cc(Cl)cc(C(CN)C(=O)O)c1OC1CC1. The third-order valence-electron chi connectivity index (χ3n) is 2.99.